The van der Waals surface area contributed by atoms with E-state index in [1.54, 1.807) is 6.20 Å². The fraction of sp³-hybridized carbons (Fsp3) is 0.136. The number of nitrogens with one attached hydrogen (secondary N) is 2. The Hall–Kier alpha value is -2.99. The van der Waals surface area contributed by atoms with Crippen molar-refractivity contribution in [1.29, 1.82) is 0 Å². The van der Waals surface area contributed by atoms with E-state index < -0.39 is 0 Å². The van der Waals surface area contributed by atoms with E-state index in [4.69, 9.17) is 0 Å². The van der Waals surface area contributed by atoms with Crippen molar-refractivity contribution >= 4 is 33.5 Å². The summed E-state index contributed by atoms with van der Waals surface area (Å²) in [6.45, 7) is 2.44. The van der Waals surface area contributed by atoms with Gasteiger partial charge in [0.2, 0.25) is 5.96 Å². The van der Waals surface area contributed by atoms with E-state index in [0.717, 1.165) is 22.3 Å². The quantitative estimate of drug-likeness (QED) is 0.445. The number of aryl methyl sites for hydroxylation is 1. The summed E-state index contributed by atoms with van der Waals surface area (Å²) in [5.74, 6) is 0.151. The van der Waals surface area contributed by atoms with Gasteiger partial charge in [-0.2, -0.15) is 0 Å². The molecule has 0 spiro atoms. The first-order valence-electron chi connectivity index (χ1n) is 9.01. The van der Waals surface area contributed by atoms with E-state index in [1.165, 1.54) is 5.56 Å². The van der Waals surface area contributed by atoms with Crippen molar-refractivity contribution in [1.82, 2.24) is 10.3 Å². The number of guanidine groups is 1. The van der Waals surface area contributed by atoms with Gasteiger partial charge in [-0.15, -0.1) is 0 Å². The number of rotatable bonds is 5. The molecule has 3 aromatic rings. The highest BCUT2D eigenvalue weighted by Crippen LogP contribution is 2.15. The predicted octanol–water partition coefficient (Wildman–Crippen LogP) is 4.80. The maximum atomic E-state index is 12.7. The minimum atomic E-state index is -0.218. The highest BCUT2D eigenvalue weighted by molar-refractivity contribution is 9.10. The number of hydrogen-bond acceptors (Lipinski definition) is 3. The average molecular weight is 437 g/mol. The highest BCUT2D eigenvalue weighted by Gasteiger charge is 2.10. The van der Waals surface area contributed by atoms with E-state index in [1.807, 2.05) is 66.7 Å². The van der Waals surface area contributed by atoms with Crippen LogP contribution in [-0.2, 0) is 13.0 Å². The predicted molar refractivity (Wildman–Crippen MR) is 116 cm³/mol. The molecule has 0 aliphatic rings. The first-order valence-corrected chi connectivity index (χ1v) is 9.80. The molecule has 0 saturated heterocycles. The average Bonchev–Trinajstić information content (AvgIpc) is 2.73. The fourth-order valence-electron chi connectivity index (χ4n) is 2.54. The van der Waals surface area contributed by atoms with Crippen LogP contribution in [0.25, 0.3) is 0 Å². The third-order valence-electron chi connectivity index (χ3n) is 4.07. The Morgan fingerprint density at radius 3 is 2.57 bits per heavy atom. The van der Waals surface area contributed by atoms with E-state index in [-0.39, 0.29) is 5.91 Å². The largest absolute Gasteiger partial charge is 0.326 e. The van der Waals surface area contributed by atoms with Gasteiger partial charge in [-0.05, 0) is 54.4 Å². The third-order valence-corrected chi connectivity index (χ3v) is 4.56. The Morgan fingerprint density at radius 2 is 1.89 bits per heavy atom. The van der Waals surface area contributed by atoms with Crippen LogP contribution in [0, 0.1) is 0 Å². The number of nitrogens with zero attached hydrogens (tertiary/aromatic N) is 2. The number of carbonyl (C=O) groups is 1. The lowest BCUT2D eigenvalue weighted by atomic mass is 10.1. The van der Waals surface area contributed by atoms with E-state index >= 15 is 0 Å². The molecule has 3 rings (SSSR count). The van der Waals surface area contributed by atoms with Gasteiger partial charge in [-0.1, -0.05) is 47.1 Å². The van der Waals surface area contributed by atoms with Gasteiger partial charge in [-0.3, -0.25) is 15.1 Å². The first kappa shape index (κ1) is 19.8. The highest BCUT2D eigenvalue weighted by atomic mass is 79.9. The molecular formula is C22H21BrN4O. The number of aliphatic imine (C=N–C) groups is 1. The second-order valence-corrected chi connectivity index (χ2v) is 7.04. The lowest BCUT2D eigenvalue weighted by Gasteiger charge is -2.12. The molecule has 1 heterocycles. The summed E-state index contributed by atoms with van der Waals surface area (Å²) >= 11 is 3.45. The molecular weight excluding hydrogens is 416 g/mol. The summed E-state index contributed by atoms with van der Waals surface area (Å²) in [7, 11) is 0. The molecule has 0 aliphatic carbocycles. The van der Waals surface area contributed by atoms with Crippen LogP contribution in [0.2, 0.25) is 0 Å². The van der Waals surface area contributed by atoms with E-state index in [0.29, 0.717) is 18.1 Å². The molecule has 0 saturated carbocycles. The fourth-order valence-corrected chi connectivity index (χ4v) is 2.94. The van der Waals surface area contributed by atoms with Crippen molar-refractivity contribution < 1.29 is 4.79 Å². The molecule has 2 aromatic carbocycles. The van der Waals surface area contributed by atoms with Crippen LogP contribution < -0.4 is 10.6 Å². The first-order chi connectivity index (χ1) is 13.6. The van der Waals surface area contributed by atoms with Crippen molar-refractivity contribution in [2.24, 2.45) is 4.99 Å². The summed E-state index contributed by atoms with van der Waals surface area (Å²) < 4.78 is 0.933. The molecule has 1 aromatic heterocycles. The number of anilines is 1. The van der Waals surface area contributed by atoms with Crippen LogP contribution >= 0.6 is 15.9 Å². The molecule has 0 radical (unpaired) electrons. The number of pyridine rings is 1. The number of aromatic nitrogens is 1. The summed E-state index contributed by atoms with van der Waals surface area (Å²) in [4.78, 5) is 21.5. The number of hydrogen-bond donors (Lipinski definition) is 2. The molecule has 6 heteroatoms. The van der Waals surface area contributed by atoms with Gasteiger partial charge in [0.1, 0.15) is 0 Å². The van der Waals surface area contributed by atoms with Crippen LogP contribution in [0.4, 0.5) is 5.69 Å². The molecule has 0 bridgehead atoms. The van der Waals surface area contributed by atoms with Crippen LogP contribution in [-0.4, -0.2) is 16.9 Å². The molecule has 1 amide bonds. The molecule has 0 atom stereocenters. The molecule has 0 unspecified atom stereocenters. The van der Waals surface area contributed by atoms with Crippen LogP contribution in [0.3, 0.4) is 0 Å². The molecule has 2 N–H and O–H groups in total. The second-order valence-electron chi connectivity index (χ2n) is 6.13. The van der Waals surface area contributed by atoms with Crippen LogP contribution in [0.5, 0.6) is 0 Å². The lowest BCUT2D eigenvalue weighted by Crippen LogP contribution is -2.36. The maximum absolute atomic E-state index is 12.7. The summed E-state index contributed by atoms with van der Waals surface area (Å²) in [6.07, 6.45) is 2.66. The Kier molecular flexibility index (Phi) is 6.92. The number of carbonyl (C=O) groups excluding carboxylic acids is 1. The molecule has 28 heavy (non-hydrogen) atoms. The summed E-state index contributed by atoms with van der Waals surface area (Å²) in [5.41, 5.74) is 3.40. The molecule has 0 fully saturated rings. The smallest absolute Gasteiger partial charge is 0.257 e. The Morgan fingerprint density at radius 1 is 1.07 bits per heavy atom. The van der Waals surface area contributed by atoms with Crippen molar-refractivity contribution in [3.05, 3.63) is 94.2 Å². The van der Waals surface area contributed by atoms with Crippen molar-refractivity contribution in [2.75, 3.05) is 5.32 Å². The topological polar surface area (TPSA) is 66.4 Å². The number of halogens is 1. The van der Waals surface area contributed by atoms with Crippen molar-refractivity contribution in [3.8, 4) is 0 Å². The number of benzene rings is 2. The number of amides is 1. The SMILES string of the molecule is CCc1ccc(C(=O)NC(=NCc2ccccn2)Nc2cccc(Br)c2)cc1. The summed E-state index contributed by atoms with van der Waals surface area (Å²) in [6, 6.07) is 20.9. The van der Waals surface area contributed by atoms with Crippen molar-refractivity contribution in [2.45, 2.75) is 19.9 Å². The van der Waals surface area contributed by atoms with Crippen LogP contribution in [0.1, 0.15) is 28.5 Å². The van der Waals surface area contributed by atoms with Gasteiger partial charge in [0.05, 0.1) is 12.2 Å². The zero-order valence-electron chi connectivity index (χ0n) is 15.5. The third kappa shape index (κ3) is 5.76. The Labute approximate surface area is 173 Å². The van der Waals surface area contributed by atoms with Crippen LogP contribution in [0.15, 0.2) is 82.4 Å². The van der Waals surface area contributed by atoms with Gasteiger partial charge >= 0.3 is 0 Å². The van der Waals surface area contributed by atoms with Gasteiger partial charge in [0.15, 0.2) is 0 Å². The van der Waals surface area contributed by atoms with E-state index in [2.05, 4.69) is 43.5 Å². The zero-order chi connectivity index (χ0) is 19.8. The zero-order valence-corrected chi connectivity index (χ0v) is 17.1. The normalized spacial score (nSPS) is 11.1. The standard InChI is InChI=1S/C22H21BrN4O/c1-2-16-9-11-17(12-10-16)21(28)27-22(25-15-20-7-3-4-13-24-20)26-19-8-5-6-18(23)14-19/h3-14H,2,15H2,1H3,(H2,25,26,27,28). The maximum Gasteiger partial charge on any atom is 0.257 e. The molecule has 142 valence electrons. The minimum Gasteiger partial charge on any atom is -0.326 e. The van der Waals surface area contributed by atoms with Gasteiger partial charge in [0, 0.05) is 21.9 Å². The van der Waals surface area contributed by atoms with Gasteiger partial charge in [0.25, 0.3) is 5.91 Å². The lowest BCUT2D eigenvalue weighted by molar-refractivity contribution is 0.0977. The van der Waals surface area contributed by atoms with Gasteiger partial charge < -0.3 is 5.32 Å². The molecule has 5 nitrogen and oxygen atoms in total. The second kappa shape index (κ2) is 9.80. The minimum absolute atomic E-state index is 0.218. The monoisotopic (exact) mass is 436 g/mol. The van der Waals surface area contributed by atoms with Gasteiger partial charge in [-0.25, -0.2) is 4.99 Å². The Balaban J connectivity index is 1.78. The summed E-state index contributed by atoms with van der Waals surface area (Å²) in [5, 5.41) is 6.04. The van der Waals surface area contributed by atoms with E-state index in [9.17, 15) is 4.79 Å². The molecule has 0 aliphatic heterocycles. The Bertz CT molecular complexity index is 956. The van der Waals surface area contributed by atoms with Crippen molar-refractivity contribution in [3.63, 3.8) is 0 Å².